The first-order chi connectivity index (χ1) is 7.81. The van der Waals surface area contributed by atoms with E-state index in [0.29, 0.717) is 6.04 Å². The summed E-state index contributed by atoms with van der Waals surface area (Å²) < 4.78 is 5.36. The minimum Gasteiger partial charge on any atom is -0.496 e. The fourth-order valence-electron chi connectivity index (χ4n) is 1.97. The molecule has 3 heteroatoms. The Morgan fingerprint density at radius 3 is 2.81 bits per heavy atom. The van der Waals surface area contributed by atoms with Crippen LogP contribution in [0.2, 0.25) is 0 Å². The van der Waals surface area contributed by atoms with Gasteiger partial charge in [-0.05, 0) is 18.9 Å². The predicted octanol–water partition coefficient (Wildman–Crippen LogP) is 1.57. The fraction of sp³-hybridized carbons (Fsp3) is 0.538. The van der Waals surface area contributed by atoms with Crippen molar-refractivity contribution >= 4 is 0 Å². The average Bonchev–Trinajstić information content (AvgIpc) is 2.26. The molecule has 1 unspecified atom stereocenters. The Morgan fingerprint density at radius 1 is 1.44 bits per heavy atom. The molecule has 1 aromatic carbocycles. The average molecular weight is 220 g/mol. The Balaban J connectivity index is 1.93. The lowest BCUT2D eigenvalue weighted by Gasteiger charge is -2.29. The van der Waals surface area contributed by atoms with Crippen molar-refractivity contribution in [2.45, 2.75) is 13.0 Å². The van der Waals surface area contributed by atoms with Gasteiger partial charge < -0.3 is 15.4 Å². The lowest BCUT2D eigenvalue weighted by molar-refractivity contribution is 0.318. The number of rotatable bonds is 5. The highest BCUT2D eigenvalue weighted by molar-refractivity contribution is 5.35. The summed E-state index contributed by atoms with van der Waals surface area (Å²) in [5.74, 6) is 1.76. The molecule has 0 bridgehead atoms. The molecule has 0 amide bonds. The van der Waals surface area contributed by atoms with Crippen molar-refractivity contribution in [2.24, 2.45) is 5.92 Å². The number of nitrogens with one attached hydrogen (secondary N) is 2. The molecule has 1 fully saturated rings. The van der Waals surface area contributed by atoms with E-state index in [4.69, 9.17) is 4.74 Å². The molecule has 1 aliphatic heterocycles. The van der Waals surface area contributed by atoms with Crippen molar-refractivity contribution < 1.29 is 4.74 Å². The topological polar surface area (TPSA) is 33.3 Å². The zero-order chi connectivity index (χ0) is 11.4. The molecule has 0 aliphatic carbocycles. The molecule has 3 nitrogen and oxygen atoms in total. The molecule has 88 valence electrons. The normalized spacial score (nSPS) is 17.9. The molecule has 2 rings (SSSR count). The number of hydrogen-bond acceptors (Lipinski definition) is 3. The van der Waals surface area contributed by atoms with Gasteiger partial charge in [-0.3, -0.25) is 0 Å². The van der Waals surface area contributed by atoms with Gasteiger partial charge in [0, 0.05) is 31.2 Å². The van der Waals surface area contributed by atoms with Gasteiger partial charge in [-0.25, -0.2) is 0 Å². The van der Waals surface area contributed by atoms with Crippen molar-refractivity contribution in [3.05, 3.63) is 29.8 Å². The van der Waals surface area contributed by atoms with Crippen LogP contribution in [0.15, 0.2) is 24.3 Å². The van der Waals surface area contributed by atoms with Gasteiger partial charge in [-0.2, -0.15) is 0 Å². The second-order valence-electron chi connectivity index (χ2n) is 4.40. The molecule has 2 N–H and O–H groups in total. The zero-order valence-corrected chi connectivity index (χ0v) is 9.99. The van der Waals surface area contributed by atoms with Gasteiger partial charge in [0.2, 0.25) is 0 Å². The maximum absolute atomic E-state index is 5.36. The minimum atomic E-state index is 0.344. The van der Waals surface area contributed by atoms with E-state index in [-0.39, 0.29) is 0 Å². The van der Waals surface area contributed by atoms with Gasteiger partial charge >= 0.3 is 0 Å². The zero-order valence-electron chi connectivity index (χ0n) is 9.99. The molecule has 1 atom stereocenters. The van der Waals surface area contributed by atoms with E-state index in [1.807, 2.05) is 12.1 Å². The molecule has 1 aromatic rings. The number of hydrogen-bond donors (Lipinski definition) is 2. The van der Waals surface area contributed by atoms with E-state index in [1.54, 1.807) is 7.11 Å². The van der Waals surface area contributed by atoms with Crippen LogP contribution in [0.3, 0.4) is 0 Å². The molecular weight excluding hydrogens is 200 g/mol. The predicted molar refractivity (Wildman–Crippen MR) is 65.8 cm³/mol. The maximum Gasteiger partial charge on any atom is 0.123 e. The van der Waals surface area contributed by atoms with E-state index in [9.17, 15) is 0 Å². The molecule has 0 aromatic heterocycles. The summed E-state index contributed by atoms with van der Waals surface area (Å²) in [6.45, 7) is 5.55. The lowest BCUT2D eigenvalue weighted by atomic mass is 10.0. The van der Waals surface area contributed by atoms with Crippen LogP contribution >= 0.6 is 0 Å². The number of benzene rings is 1. The van der Waals surface area contributed by atoms with Gasteiger partial charge in [0.15, 0.2) is 0 Å². The molecule has 16 heavy (non-hydrogen) atoms. The Kier molecular flexibility index (Phi) is 3.80. The summed E-state index contributed by atoms with van der Waals surface area (Å²) in [6.07, 6.45) is 0. The molecule has 0 radical (unpaired) electrons. The van der Waals surface area contributed by atoms with E-state index in [0.717, 1.165) is 31.3 Å². The summed E-state index contributed by atoms with van der Waals surface area (Å²) in [7, 11) is 1.72. The largest absolute Gasteiger partial charge is 0.496 e. The standard InChI is InChI=1S/C13H20N2O/c1-10(15-9-11-7-14-8-11)12-5-3-4-6-13(12)16-2/h3-6,10-11,14-15H,7-9H2,1-2H3. The lowest BCUT2D eigenvalue weighted by Crippen LogP contribution is -2.47. The Labute approximate surface area is 97.2 Å². The van der Waals surface area contributed by atoms with E-state index in [2.05, 4.69) is 29.7 Å². The van der Waals surface area contributed by atoms with Gasteiger partial charge in [-0.15, -0.1) is 0 Å². The van der Waals surface area contributed by atoms with Crippen LogP contribution in [-0.2, 0) is 0 Å². The highest BCUT2D eigenvalue weighted by Crippen LogP contribution is 2.24. The van der Waals surface area contributed by atoms with Crippen LogP contribution in [0, 0.1) is 5.92 Å². The quantitative estimate of drug-likeness (QED) is 0.790. The maximum atomic E-state index is 5.36. The summed E-state index contributed by atoms with van der Waals surface area (Å²) in [5.41, 5.74) is 1.23. The first kappa shape index (κ1) is 11.4. The van der Waals surface area contributed by atoms with Crippen LogP contribution < -0.4 is 15.4 Å². The van der Waals surface area contributed by atoms with Crippen LogP contribution in [0.5, 0.6) is 5.75 Å². The molecule has 0 spiro atoms. The number of para-hydroxylation sites is 1. The van der Waals surface area contributed by atoms with E-state index < -0.39 is 0 Å². The highest BCUT2D eigenvalue weighted by Gasteiger charge is 2.18. The van der Waals surface area contributed by atoms with Crippen LogP contribution in [0.1, 0.15) is 18.5 Å². The second-order valence-corrected chi connectivity index (χ2v) is 4.40. The van der Waals surface area contributed by atoms with E-state index >= 15 is 0 Å². The van der Waals surface area contributed by atoms with Crippen molar-refractivity contribution in [2.75, 3.05) is 26.7 Å². The molecule has 0 saturated carbocycles. The summed E-state index contributed by atoms with van der Waals surface area (Å²) in [5, 5.41) is 6.84. The number of ether oxygens (including phenoxy) is 1. The summed E-state index contributed by atoms with van der Waals surface area (Å²) in [4.78, 5) is 0. The second kappa shape index (κ2) is 5.32. The first-order valence-corrected chi connectivity index (χ1v) is 5.88. The van der Waals surface area contributed by atoms with Gasteiger partial charge in [0.25, 0.3) is 0 Å². The summed E-state index contributed by atoms with van der Waals surface area (Å²) >= 11 is 0. The minimum absolute atomic E-state index is 0.344. The third-order valence-corrected chi connectivity index (χ3v) is 3.18. The van der Waals surface area contributed by atoms with Crippen molar-refractivity contribution in [1.29, 1.82) is 0 Å². The monoisotopic (exact) mass is 220 g/mol. The Bertz CT molecular complexity index is 336. The smallest absolute Gasteiger partial charge is 0.123 e. The molecule has 1 aliphatic rings. The van der Waals surface area contributed by atoms with Crippen molar-refractivity contribution in [3.63, 3.8) is 0 Å². The third kappa shape index (κ3) is 2.54. The first-order valence-electron chi connectivity index (χ1n) is 5.88. The van der Waals surface area contributed by atoms with Gasteiger partial charge in [0.1, 0.15) is 5.75 Å². The van der Waals surface area contributed by atoms with Crippen molar-refractivity contribution in [1.82, 2.24) is 10.6 Å². The molecule has 1 heterocycles. The van der Waals surface area contributed by atoms with Gasteiger partial charge in [-0.1, -0.05) is 18.2 Å². The van der Waals surface area contributed by atoms with E-state index in [1.165, 1.54) is 5.56 Å². The van der Waals surface area contributed by atoms with Crippen LogP contribution in [0.4, 0.5) is 0 Å². The molecule has 1 saturated heterocycles. The van der Waals surface area contributed by atoms with Crippen LogP contribution in [0.25, 0.3) is 0 Å². The number of methoxy groups -OCH3 is 1. The van der Waals surface area contributed by atoms with Gasteiger partial charge in [0.05, 0.1) is 7.11 Å². The highest BCUT2D eigenvalue weighted by atomic mass is 16.5. The Morgan fingerprint density at radius 2 is 2.19 bits per heavy atom. The fourth-order valence-corrected chi connectivity index (χ4v) is 1.97. The van der Waals surface area contributed by atoms with Crippen molar-refractivity contribution in [3.8, 4) is 5.75 Å². The summed E-state index contributed by atoms with van der Waals surface area (Å²) in [6, 6.07) is 8.54. The third-order valence-electron chi connectivity index (χ3n) is 3.18. The SMILES string of the molecule is COc1ccccc1C(C)NCC1CNC1. The Hall–Kier alpha value is -1.06. The van der Waals surface area contributed by atoms with Crippen LogP contribution in [-0.4, -0.2) is 26.7 Å². The molecular formula is C13H20N2O.